The van der Waals surface area contributed by atoms with Crippen LogP contribution in [0.25, 0.3) is 0 Å². The van der Waals surface area contributed by atoms with Crippen LogP contribution in [0.3, 0.4) is 0 Å². The van der Waals surface area contributed by atoms with Crippen molar-refractivity contribution in [3.63, 3.8) is 0 Å². The first-order valence-electron chi connectivity index (χ1n) is 20.3. The van der Waals surface area contributed by atoms with E-state index in [1.807, 2.05) is 0 Å². The van der Waals surface area contributed by atoms with Crippen molar-refractivity contribution in [2.75, 3.05) is 19.8 Å². The maximum atomic E-state index is 12.6. The van der Waals surface area contributed by atoms with Gasteiger partial charge in [-0.25, -0.2) is 0 Å². The highest BCUT2D eigenvalue weighted by molar-refractivity contribution is 5.80. The van der Waals surface area contributed by atoms with Crippen LogP contribution in [-0.4, -0.2) is 152 Å². The molecule has 4 aliphatic carbocycles. The third-order valence-corrected chi connectivity index (χ3v) is 15.3. The van der Waals surface area contributed by atoms with Crippen molar-refractivity contribution in [1.82, 2.24) is 0 Å². The molecule has 0 amide bonds. The van der Waals surface area contributed by atoms with E-state index < -0.39 is 79.4 Å². The molecule has 0 aromatic rings. The second-order valence-corrected chi connectivity index (χ2v) is 18.2. The van der Waals surface area contributed by atoms with Gasteiger partial charge in [0.1, 0.15) is 42.4 Å². The van der Waals surface area contributed by atoms with E-state index >= 15 is 0 Å². The summed E-state index contributed by atoms with van der Waals surface area (Å²) in [5.41, 5.74) is -1.09. The normalized spacial score (nSPS) is 53.6. The lowest BCUT2D eigenvalue weighted by molar-refractivity contribution is -0.303. The Kier molecular flexibility index (Phi) is 12.3. The zero-order valence-electron chi connectivity index (χ0n) is 31.9. The average molecular weight is 773 g/mol. The lowest BCUT2D eigenvalue weighted by Crippen LogP contribution is -2.62. The van der Waals surface area contributed by atoms with E-state index in [4.69, 9.17) is 28.4 Å². The van der Waals surface area contributed by atoms with Crippen molar-refractivity contribution >= 4 is 5.78 Å². The lowest BCUT2D eigenvalue weighted by Gasteiger charge is -2.63. The number of carbonyl (C=O) groups is 1. The zero-order valence-corrected chi connectivity index (χ0v) is 31.9. The van der Waals surface area contributed by atoms with Crippen molar-refractivity contribution in [2.45, 2.75) is 183 Å². The Bertz CT molecular complexity index is 1310. The van der Waals surface area contributed by atoms with Gasteiger partial charge in [-0.1, -0.05) is 13.8 Å². The summed E-state index contributed by atoms with van der Waals surface area (Å²) in [6.07, 6.45) is -5.82. The van der Waals surface area contributed by atoms with Crippen molar-refractivity contribution in [2.24, 2.45) is 34.5 Å². The Hall–Kier alpha value is -0.890. The van der Waals surface area contributed by atoms with Crippen LogP contribution in [-0.2, 0) is 33.2 Å². The molecule has 0 bridgehead atoms. The van der Waals surface area contributed by atoms with E-state index in [1.165, 1.54) is 0 Å². The van der Waals surface area contributed by atoms with Crippen molar-refractivity contribution in [1.29, 1.82) is 0 Å². The minimum atomic E-state index is -1.31. The summed E-state index contributed by atoms with van der Waals surface area (Å²) >= 11 is 0. The van der Waals surface area contributed by atoms with Gasteiger partial charge >= 0.3 is 0 Å². The lowest BCUT2D eigenvalue weighted by atomic mass is 9.43. The number of ether oxygens (including phenoxy) is 6. The molecule has 20 atom stereocenters. The summed E-state index contributed by atoms with van der Waals surface area (Å²) < 4.78 is 35.1. The minimum Gasteiger partial charge on any atom is -0.390 e. The standard InChI is InChI=1S/C39H64O15/c1-19(40)22-8-11-39(48)24-5-4-20-12-21(6-9-37(20,2)23(24)7-10-38(22,39)3)49-16-29-35(46)26(42)14-33(53-29)51-18-30-36(47)27(43)15-32(54-30)50-17-28-34(45)25(41)13-31(44)52-28/h20-36,41-48H,4-18H2,1-3H3/t20-,21-,22+,23-,24+,25+,26+,27+,28-,29-,30-,31-,32-,33-,34+,35+,36+,37-,38+,39+/m0/s1. The molecule has 7 rings (SSSR count). The highest BCUT2D eigenvalue weighted by atomic mass is 16.7. The van der Waals surface area contributed by atoms with Crippen LogP contribution in [0.4, 0.5) is 0 Å². The van der Waals surface area contributed by atoms with Crippen LogP contribution in [0.5, 0.6) is 0 Å². The number of aliphatic hydroxyl groups is 8. The number of Topliss-reactive ketones (excluding diaryl/α,β-unsaturated/α-hetero) is 1. The maximum absolute atomic E-state index is 12.6. The molecular weight excluding hydrogens is 708 g/mol. The predicted molar refractivity (Wildman–Crippen MR) is 187 cm³/mol. The Balaban J connectivity index is 0.893. The Morgan fingerprint density at radius 2 is 1.19 bits per heavy atom. The number of fused-ring (bicyclic) bond motifs is 5. The molecule has 4 saturated carbocycles. The number of hydrogen-bond donors (Lipinski definition) is 8. The molecule has 0 aromatic heterocycles. The van der Waals surface area contributed by atoms with Gasteiger partial charge in [-0.3, -0.25) is 4.79 Å². The third kappa shape index (κ3) is 7.58. The van der Waals surface area contributed by atoms with Crippen LogP contribution in [0.1, 0.15) is 97.8 Å². The van der Waals surface area contributed by atoms with Gasteiger partial charge in [-0.2, -0.15) is 0 Å². The first-order valence-corrected chi connectivity index (χ1v) is 20.3. The quantitative estimate of drug-likeness (QED) is 0.149. The summed E-state index contributed by atoms with van der Waals surface area (Å²) in [5, 5.41) is 84.8. The second-order valence-electron chi connectivity index (χ2n) is 18.2. The summed E-state index contributed by atoms with van der Waals surface area (Å²) in [5.74, 6) is 1.16. The first kappa shape index (κ1) is 41.3. The monoisotopic (exact) mass is 772 g/mol. The van der Waals surface area contributed by atoms with Gasteiger partial charge in [0.25, 0.3) is 0 Å². The number of carbonyl (C=O) groups excluding carboxylic acids is 1. The summed E-state index contributed by atoms with van der Waals surface area (Å²) in [4.78, 5) is 12.6. The fraction of sp³-hybridized carbons (Fsp3) is 0.974. The Morgan fingerprint density at radius 1 is 0.630 bits per heavy atom. The van der Waals surface area contributed by atoms with Crippen LogP contribution < -0.4 is 0 Å². The van der Waals surface area contributed by atoms with Crippen LogP contribution >= 0.6 is 0 Å². The fourth-order valence-corrected chi connectivity index (χ4v) is 12.0. The first-order chi connectivity index (χ1) is 25.5. The van der Waals surface area contributed by atoms with Crippen molar-refractivity contribution in [3.8, 4) is 0 Å². The molecule has 0 radical (unpaired) electrons. The van der Waals surface area contributed by atoms with Crippen molar-refractivity contribution in [3.05, 3.63) is 0 Å². The van der Waals surface area contributed by atoms with Gasteiger partial charge in [-0.05, 0) is 87.9 Å². The highest BCUT2D eigenvalue weighted by Crippen LogP contribution is 2.69. The molecule has 15 nitrogen and oxygen atoms in total. The molecule has 0 spiro atoms. The van der Waals surface area contributed by atoms with E-state index in [0.717, 1.165) is 51.4 Å². The number of rotatable bonds is 10. The summed E-state index contributed by atoms with van der Waals surface area (Å²) in [6.45, 7) is 5.81. The molecular formula is C39H64O15. The van der Waals surface area contributed by atoms with Gasteiger partial charge < -0.3 is 69.3 Å². The average Bonchev–Trinajstić information content (AvgIpc) is 3.41. The predicted octanol–water partition coefficient (Wildman–Crippen LogP) is 0.270. The highest BCUT2D eigenvalue weighted by Gasteiger charge is 2.68. The molecule has 3 aliphatic heterocycles. The van der Waals surface area contributed by atoms with E-state index in [9.17, 15) is 45.6 Å². The van der Waals surface area contributed by atoms with Crippen LogP contribution in [0.15, 0.2) is 0 Å². The van der Waals surface area contributed by atoms with Gasteiger partial charge in [0.05, 0.1) is 49.8 Å². The number of aliphatic hydroxyl groups excluding tert-OH is 7. The van der Waals surface area contributed by atoms with E-state index in [2.05, 4.69) is 13.8 Å². The minimum absolute atomic E-state index is 0.0322. The number of ketones is 1. The van der Waals surface area contributed by atoms with Gasteiger partial charge in [0, 0.05) is 30.6 Å². The Labute approximate surface area is 317 Å². The summed E-state index contributed by atoms with van der Waals surface area (Å²) in [7, 11) is 0. The molecule has 3 heterocycles. The fourth-order valence-electron chi connectivity index (χ4n) is 12.0. The topological polar surface area (TPSA) is 234 Å². The smallest absolute Gasteiger partial charge is 0.160 e. The molecule has 8 N–H and O–H groups in total. The molecule has 0 unspecified atom stereocenters. The molecule has 310 valence electrons. The molecule has 7 fully saturated rings. The largest absolute Gasteiger partial charge is 0.390 e. The SMILES string of the molecule is CC(=O)[C@H]1CC[C@@]2(O)[C@@H]3CC[C@H]4C[C@@H](OC[C@@H]5O[C@H](OC[C@@H]6O[C@H](OC[C@@H]7O[C@H](O)C[C@@H](O)[C@H]7O)C[C@@H](O)[C@H]6O)C[C@@H](O)[C@H]5O)CC[C@]4(C)[C@H]3CC[C@]12C. The van der Waals surface area contributed by atoms with Crippen LogP contribution in [0, 0.1) is 34.5 Å². The molecule has 3 saturated heterocycles. The second kappa shape index (κ2) is 16.0. The van der Waals surface area contributed by atoms with Gasteiger partial charge in [-0.15, -0.1) is 0 Å². The third-order valence-electron chi connectivity index (χ3n) is 15.3. The molecule has 15 heteroatoms. The van der Waals surface area contributed by atoms with Crippen molar-refractivity contribution < 1.29 is 74.1 Å². The van der Waals surface area contributed by atoms with Crippen LogP contribution in [0.2, 0.25) is 0 Å². The molecule has 0 aromatic carbocycles. The Morgan fingerprint density at radius 3 is 1.78 bits per heavy atom. The van der Waals surface area contributed by atoms with Gasteiger partial charge in [0.2, 0.25) is 0 Å². The van der Waals surface area contributed by atoms with Gasteiger partial charge in [0.15, 0.2) is 18.9 Å². The zero-order chi connectivity index (χ0) is 38.7. The van der Waals surface area contributed by atoms with E-state index in [1.54, 1.807) is 6.92 Å². The molecule has 7 aliphatic rings. The number of hydrogen-bond acceptors (Lipinski definition) is 15. The maximum Gasteiger partial charge on any atom is 0.160 e. The van der Waals surface area contributed by atoms with E-state index in [0.29, 0.717) is 18.3 Å². The van der Waals surface area contributed by atoms with E-state index in [-0.39, 0.29) is 73.6 Å². The summed E-state index contributed by atoms with van der Waals surface area (Å²) in [6, 6.07) is 0. The molecule has 54 heavy (non-hydrogen) atoms.